The Hall–Kier alpha value is -0.120. The van der Waals surface area contributed by atoms with Crippen LogP contribution in [0.1, 0.15) is 16.9 Å². The number of rotatable bonds is 4. The molecule has 0 bridgehead atoms. The minimum atomic E-state index is 0.150. The van der Waals surface area contributed by atoms with Crippen molar-refractivity contribution >= 4 is 33.3 Å². The number of alkyl halides is 1. The minimum Gasteiger partial charge on any atom is -0.391 e. The van der Waals surface area contributed by atoms with Gasteiger partial charge in [0.1, 0.15) is 0 Å². The minimum absolute atomic E-state index is 0.150. The zero-order valence-corrected chi connectivity index (χ0v) is 9.07. The molecule has 66 valence electrons. The topological polar surface area (TPSA) is 20.2 Å². The first-order chi connectivity index (χ1) is 5.86. The molecule has 0 fully saturated rings. The molecule has 0 radical (unpaired) electrons. The third kappa shape index (κ3) is 3.09. The average molecular weight is 247 g/mol. The molecule has 1 N–H and O–H groups in total. The van der Waals surface area contributed by atoms with E-state index in [2.05, 4.69) is 33.5 Å². The standard InChI is InChI=1S/C9H11BrOS/c10-4-2-1-3-8-5-9(6-11)12-7-8/h1,3,5,7,11H,2,4,6H2. The molecule has 0 aliphatic heterocycles. The molecule has 1 aromatic rings. The van der Waals surface area contributed by atoms with E-state index in [1.807, 2.05) is 6.07 Å². The number of aliphatic hydroxyl groups is 1. The molecule has 12 heavy (non-hydrogen) atoms. The molecule has 0 aliphatic carbocycles. The van der Waals surface area contributed by atoms with Crippen molar-refractivity contribution in [1.29, 1.82) is 0 Å². The normalized spacial score (nSPS) is 11.2. The lowest BCUT2D eigenvalue weighted by atomic mass is 10.2. The molecule has 1 rings (SSSR count). The van der Waals surface area contributed by atoms with Gasteiger partial charge in [-0.2, -0.15) is 0 Å². The average Bonchev–Trinajstić information content (AvgIpc) is 2.53. The first kappa shape index (κ1) is 9.96. The maximum absolute atomic E-state index is 8.80. The monoisotopic (exact) mass is 246 g/mol. The van der Waals surface area contributed by atoms with E-state index in [1.165, 1.54) is 5.56 Å². The van der Waals surface area contributed by atoms with Gasteiger partial charge in [-0.3, -0.25) is 0 Å². The van der Waals surface area contributed by atoms with E-state index in [9.17, 15) is 0 Å². The van der Waals surface area contributed by atoms with Crippen LogP contribution in [-0.2, 0) is 6.61 Å². The third-order valence-electron chi connectivity index (χ3n) is 1.42. The molecule has 0 spiro atoms. The fraction of sp³-hybridized carbons (Fsp3) is 0.333. The quantitative estimate of drug-likeness (QED) is 0.811. The van der Waals surface area contributed by atoms with Gasteiger partial charge >= 0.3 is 0 Å². The van der Waals surface area contributed by atoms with Crippen molar-refractivity contribution in [3.63, 3.8) is 0 Å². The maximum Gasteiger partial charge on any atom is 0.0774 e. The summed E-state index contributed by atoms with van der Waals surface area (Å²) in [6, 6.07) is 2.01. The summed E-state index contributed by atoms with van der Waals surface area (Å²) in [5, 5.41) is 11.9. The molecule has 0 saturated heterocycles. The van der Waals surface area contributed by atoms with Crippen molar-refractivity contribution in [3.05, 3.63) is 28.0 Å². The Morgan fingerprint density at radius 2 is 2.42 bits per heavy atom. The van der Waals surface area contributed by atoms with E-state index in [1.54, 1.807) is 11.3 Å². The van der Waals surface area contributed by atoms with Gasteiger partial charge in [0.05, 0.1) is 6.61 Å². The Balaban J connectivity index is 2.51. The number of hydrogen-bond donors (Lipinski definition) is 1. The predicted molar refractivity (Wildman–Crippen MR) is 57.7 cm³/mol. The lowest BCUT2D eigenvalue weighted by Crippen LogP contribution is -1.72. The van der Waals surface area contributed by atoms with Gasteiger partial charge in [-0.05, 0) is 23.4 Å². The van der Waals surface area contributed by atoms with Gasteiger partial charge in [0.25, 0.3) is 0 Å². The Bertz CT molecular complexity index is 255. The van der Waals surface area contributed by atoms with E-state index in [4.69, 9.17) is 5.11 Å². The molecular formula is C9H11BrOS. The van der Waals surface area contributed by atoms with Crippen LogP contribution >= 0.6 is 27.3 Å². The second-order valence-electron chi connectivity index (χ2n) is 2.38. The highest BCUT2D eigenvalue weighted by Crippen LogP contribution is 2.15. The van der Waals surface area contributed by atoms with Crippen LogP contribution in [0.5, 0.6) is 0 Å². The fourth-order valence-electron chi connectivity index (χ4n) is 0.850. The summed E-state index contributed by atoms with van der Waals surface area (Å²) in [7, 11) is 0. The molecule has 3 heteroatoms. The van der Waals surface area contributed by atoms with Crippen LogP contribution in [0.25, 0.3) is 6.08 Å². The van der Waals surface area contributed by atoms with Gasteiger partial charge in [0.15, 0.2) is 0 Å². The smallest absolute Gasteiger partial charge is 0.0774 e. The second kappa shape index (κ2) is 5.51. The summed E-state index contributed by atoms with van der Waals surface area (Å²) in [6.45, 7) is 0.150. The summed E-state index contributed by atoms with van der Waals surface area (Å²) in [4.78, 5) is 1.02. The zero-order valence-electron chi connectivity index (χ0n) is 6.66. The van der Waals surface area contributed by atoms with Crippen LogP contribution in [0.15, 0.2) is 17.5 Å². The van der Waals surface area contributed by atoms with Gasteiger partial charge in [-0.1, -0.05) is 28.1 Å². The molecule has 1 nitrogen and oxygen atoms in total. The molecule has 0 saturated carbocycles. The zero-order chi connectivity index (χ0) is 8.81. The second-order valence-corrected chi connectivity index (χ2v) is 4.17. The van der Waals surface area contributed by atoms with Crippen LogP contribution < -0.4 is 0 Å². The van der Waals surface area contributed by atoms with Crippen molar-refractivity contribution in [2.75, 3.05) is 5.33 Å². The van der Waals surface area contributed by atoms with Crippen LogP contribution in [0.4, 0.5) is 0 Å². The van der Waals surface area contributed by atoms with Crippen LogP contribution in [0.2, 0.25) is 0 Å². The van der Waals surface area contributed by atoms with E-state index in [0.717, 1.165) is 16.6 Å². The van der Waals surface area contributed by atoms with E-state index in [0.29, 0.717) is 0 Å². The number of allylic oxidation sites excluding steroid dienone is 1. The largest absolute Gasteiger partial charge is 0.391 e. The molecule has 0 aromatic carbocycles. The Morgan fingerprint density at radius 1 is 1.58 bits per heavy atom. The molecule has 0 atom stereocenters. The van der Waals surface area contributed by atoms with Gasteiger partial charge in [-0.25, -0.2) is 0 Å². The van der Waals surface area contributed by atoms with Gasteiger partial charge in [0.2, 0.25) is 0 Å². The van der Waals surface area contributed by atoms with Gasteiger partial charge in [0, 0.05) is 10.2 Å². The number of thiophene rings is 1. The highest BCUT2D eigenvalue weighted by molar-refractivity contribution is 9.09. The van der Waals surface area contributed by atoms with E-state index >= 15 is 0 Å². The van der Waals surface area contributed by atoms with Crippen LogP contribution in [0, 0.1) is 0 Å². The lowest BCUT2D eigenvalue weighted by molar-refractivity contribution is 0.285. The van der Waals surface area contributed by atoms with Crippen molar-refractivity contribution < 1.29 is 5.11 Å². The molecule has 0 aliphatic rings. The Kier molecular flexibility index (Phi) is 4.58. The fourth-order valence-corrected chi connectivity index (χ4v) is 1.83. The van der Waals surface area contributed by atoms with Crippen molar-refractivity contribution in [2.45, 2.75) is 13.0 Å². The van der Waals surface area contributed by atoms with E-state index in [-0.39, 0.29) is 6.61 Å². The first-order valence-electron chi connectivity index (χ1n) is 3.77. The highest BCUT2D eigenvalue weighted by atomic mass is 79.9. The Morgan fingerprint density at radius 3 is 3.00 bits per heavy atom. The number of halogens is 1. The number of aliphatic hydroxyl groups excluding tert-OH is 1. The SMILES string of the molecule is OCc1cc(C=CCCBr)cs1. The number of hydrogen-bond acceptors (Lipinski definition) is 2. The molecule has 1 heterocycles. The highest BCUT2D eigenvalue weighted by Gasteiger charge is 1.93. The molecule has 1 aromatic heterocycles. The molecular weight excluding hydrogens is 236 g/mol. The Labute approximate surface area is 84.9 Å². The van der Waals surface area contributed by atoms with Gasteiger partial charge < -0.3 is 5.11 Å². The third-order valence-corrected chi connectivity index (χ3v) is 2.81. The first-order valence-corrected chi connectivity index (χ1v) is 5.77. The molecule has 0 amide bonds. The summed E-state index contributed by atoms with van der Waals surface area (Å²) < 4.78 is 0. The van der Waals surface area contributed by atoms with Crippen LogP contribution in [-0.4, -0.2) is 10.4 Å². The molecule has 0 unspecified atom stereocenters. The summed E-state index contributed by atoms with van der Waals surface area (Å²) in [5.74, 6) is 0. The summed E-state index contributed by atoms with van der Waals surface area (Å²) in [5.41, 5.74) is 1.19. The van der Waals surface area contributed by atoms with Crippen molar-refractivity contribution in [3.8, 4) is 0 Å². The van der Waals surface area contributed by atoms with Crippen molar-refractivity contribution in [1.82, 2.24) is 0 Å². The lowest BCUT2D eigenvalue weighted by Gasteiger charge is -1.84. The summed E-state index contributed by atoms with van der Waals surface area (Å²) >= 11 is 4.95. The van der Waals surface area contributed by atoms with Crippen molar-refractivity contribution in [2.24, 2.45) is 0 Å². The predicted octanol–water partition coefficient (Wildman–Crippen LogP) is 3.04. The van der Waals surface area contributed by atoms with Gasteiger partial charge in [-0.15, -0.1) is 11.3 Å². The summed E-state index contributed by atoms with van der Waals surface area (Å²) in [6.07, 6.45) is 5.25. The maximum atomic E-state index is 8.80. The van der Waals surface area contributed by atoms with E-state index < -0.39 is 0 Å². The van der Waals surface area contributed by atoms with Crippen LogP contribution in [0.3, 0.4) is 0 Å².